The van der Waals surface area contributed by atoms with Gasteiger partial charge in [-0.3, -0.25) is 9.59 Å². The third-order valence-corrected chi connectivity index (χ3v) is 5.72. The van der Waals surface area contributed by atoms with Gasteiger partial charge in [0.2, 0.25) is 0 Å². The molecule has 3 N–H and O–H groups in total. The number of aryl methyl sites for hydroxylation is 2. The number of imidazole rings is 1. The van der Waals surface area contributed by atoms with Crippen LogP contribution in [0.5, 0.6) is 0 Å². The van der Waals surface area contributed by atoms with Gasteiger partial charge in [0, 0.05) is 28.1 Å². The number of amides is 2. The van der Waals surface area contributed by atoms with Crippen LogP contribution in [-0.2, 0) is 0 Å². The van der Waals surface area contributed by atoms with E-state index >= 15 is 0 Å². The van der Waals surface area contributed by atoms with Crippen molar-refractivity contribution in [2.24, 2.45) is 0 Å². The second-order valence-corrected chi connectivity index (χ2v) is 8.54. The molecule has 0 atom stereocenters. The molecular weight excluding hydrogens is 436 g/mol. The van der Waals surface area contributed by atoms with Gasteiger partial charge in [-0.15, -0.1) is 0 Å². The highest BCUT2D eigenvalue weighted by Crippen LogP contribution is 2.24. The number of benzene rings is 4. The summed E-state index contributed by atoms with van der Waals surface area (Å²) < 4.78 is 0. The van der Waals surface area contributed by atoms with E-state index < -0.39 is 0 Å². The Kier molecular flexibility index (Phi) is 5.85. The van der Waals surface area contributed by atoms with Gasteiger partial charge in [0.05, 0.1) is 11.0 Å². The van der Waals surface area contributed by atoms with Gasteiger partial charge in [0.25, 0.3) is 11.8 Å². The lowest BCUT2D eigenvalue weighted by atomic mass is 10.1. The average Bonchev–Trinajstić information content (AvgIpc) is 3.28. The maximum absolute atomic E-state index is 12.6. The highest BCUT2D eigenvalue weighted by molar-refractivity contribution is 6.05. The van der Waals surface area contributed by atoms with Gasteiger partial charge in [-0.05, 0) is 80.6 Å². The summed E-state index contributed by atoms with van der Waals surface area (Å²) >= 11 is 0. The van der Waals surface area contributed by atoms with Crippen LogP contribution in [0.1, 0.15) is 31.8 Å². The van der Waals surface area contributed by atoms with Gasteiger partial charge in [0.15, 0.2) is 0 Å². The van der Waals surface area contributed by atoms with Crippen molar-refractivity contribution in [2.45, 2.75) is 13.8 Å². The number of carbonyl (C=O) groups excluding carboxylic acids is 2. The molecule has 0 saturated heterocycles. The summed E-state index contributed by atoms with van der Waals surface area (Å²) in [5.41, 5.74) is 7.21. The molecule has 0 fully saturated rings. The predicted molar refractivity (Wildman–Crippen MR) is 140 cm³/mol. The molecule has 0 aliphatic carbocycles. The Morgan fingerprint density at radius 2 is 1.26 bits per heavy atom. The summed E-state index contributed by atoms with van der Waals surface area (Å²) in [6.45, 7) is 3.92. The van der Waals surface area contributed by atoms with Crippen LogP contribution in [-0.4, -0.2) is 21.8 Å². The minimum absolute atomic E-state index is 0.148. The van der Waals surface area contributed by atoms with Crippen LogP contribution in [0.3, 0.4) is 0 Å². The molecule has 35 heavy (non-hydrogen) atoms. The van der Waals surface area contributed by atoms with Crippen LogP contribution in [0.2, 0.25) is 0 Å². The topological polar surface area (TPSA) is 86.9 Å². The van der Waals surface area contributed by atoms with E-state index in [4.69, 9.17) is 0 Å². The third kappa shape index (κ3) is 4.96. The predicted octanol–water partition coefficient (Wildman–Crippen LogP) is 6.35. The summed E-state index contributed by atoms with van der Waals surface area (Å²) in [7, 11) is 0. The summed E-state index contributed by atoms with van der Waals surface area (Å²) in [6.07, 6.45) is 0. The SMILES string of the molecule is Cc1cccc(C(=O)Nc2ccc(-c3nc4ccc(NC(=O)c5cccc(C)c5)cc4[nH]3)cc2)c1. The van der Waals surface area contributed by atoms with Crippen molar-refractivity contribution < 1.29 is 9.59 Å². The van der Waals surface area contributed by atoms with E-state index in [1.807, 2.05) is 92.7 Å². The van der Waals surface area contributed by atoms with E-state index in [0.29, 0.717) is 28.3 Å². The quantitative estimate of drug-likeness (QED) is 0.286. The maximum atomic E-state index is 12.6. The lowest BCUT2D eigenvalue weighted by Gasteiger charge is -2.06. The molecule has 1 aromatic heterocycles. The van der Waals surface area contributed by atoms with Crippen molar-refractivity contribution in [3.05, 3.63) is 113 Å². The average molecular weight is 461 g/mol. The molecule has 172 valence electrons. The first-order valence-electron chi connectivity index (χ1n) is 11.3. The number of hydrogen-bond acceptors (Lipinski definition) is 3. The van der Waals surface area contributed by atoms with Crippen molar-refractivity contribution in [3.63, 3.8) is 0 Å². The van der Waals surface area contributed by atoms with Crippen molar-refractivity contribution in [2.75, 3.05) is 10.6 Å². The number of anilines is 2. The molecule has 6 nitrogen and oxygen atoms in total. The van der Waals surface area contributed by atoms with Crippen LogP contribution >= 0.6 is 0 Å². The van der Waals surface area contributed by atoms with Gasteiger partial charge < -0.3 is 15.6 Å². The minimum Gasteiger partial charge on any atom is -0.338 e. The molecule has 5 aromatic rings. The Morgan fingerprint density at radius 3 is 1.86 bits per heavy atom. The number of H-pyrrole nitrogens is 1. The second-order valence-electron chi connectivity index (χ2n) is 8.54. The zero-order valence-corrected chi connectivity index (χ0v) is 19.4. The van der Waals surface area contributed by atoms with Crippen LogP contribution in [0.4, 0.5) is 11.4 Å². The number of fused-ring (bicyclic) bond motifs is 1. The first-order valence-corrected chi connectivity index (χ1v) is 11.3. The summed E-state index contributed by atoms with van der Waals surface area (Å²) in [6, 6.07) is 28.1. The van der Waals surface area contributed by atoms with Crippen LogP contribution < -0.4 is 10.6 Å². The summed E-state index contributed by atoms with van der Waals surface area (Å²) in [5, 5.41) is 5.87. The number of aromatic amines is 1. The zero-order valence-electron chi connectivity index (χ0n) is 19.4. The fourth-order valence-corrected chi connectivity index (χ4v) is 3.91. The van der Waals surface area contributed by atoms with E-state index in [0.717, 1.165) is 27.7 Å². The number of nitrogens with one attached hydrogen (secondary N) is 3. The number of rotatable bonds is 5. The first kappa shape index (κ1) is 22.1. The van der Waals surface area contributed by atoms with Gasteiger partial charge in [-0.2, -0.15) is 0 Å². The van der Waals surface area contributed by atoms with Crippen molar-refractivity contribution in [1.82, 2.24) is 9.97 Å². The molecule has 2 amide bonds. The third-order valence-electron chi connectivity index (χ3n) is 5.72. The Morgan fingerprint density at radius 1 is 0.686 bits per heavy atom. The van der Waals surface area contributed by atoms with E-state index in [-0.39, 0.29) is 11.8 Å². The van der Waals surface area contributed by atoms with Crippen molar-refractivity contribution >= 4 is 34.2 Å². The van der Waals surface area contributed by atoms with Gasteiger partial charge in [0.1, 0.15) is 5.82 Å². The number of hydrogen-bond donors (Lipinski definition) is 3. The number of nitrogens with zero attached hydrogens (tertiary/aromatic N) is 1. The van der Waals surface area contributed by atoms with Gasteiger partial charge >= 0.3 is 0 Å². The lowest BCUT2D eigenvalue weighted by molar-refractivity contribution is 0.101. The van der Waals surface area contributed by atoms with Crippen molar-refractivity contribution in [1.29, 1.82) is 0 Å². The van der Waals surface area contributed by atoms with Crippen molar-refractivity contribution in [3.8, 4) is 11.4 Å². The molecule has 0 bridgehead atoms. The van der Waals surface area contributed by atoms with Gasteiger partial charge in [-0.1, -0.05) is 35.4 Å². The first-order chi connectivity index (χ1) is 16.9. The number of carbonyl (C=O) groups is 2. The lowest BCUT2D eigenvalue weighted by Crippen LogP contribution is -2.11. The standard InChI is InChI=1S/C29H24N4O2/c1-18-5-3-7-21(15-18)28(34)30-23-11-9-20(10-12-23)27-32-25-14-13-24(17-26(25)33-27)31-29(35)22-8-4-6-19(2)16-22/h3-17H,1-2H3,(H,30,34)(H,31,35)(H,32,33). The molecule has 5 rings (SSSR count). The molecule has 1 heterocycles. The molecule has 0 spiro atoms. The largest absolute Gasteiger partial charge is 0.338 e. The minimum atomic E-state index is -0.156. The summed E-state index contributed by atoms with van der Waals surface area (Å²) in [4.78, 5) is 33.1. The van der Waals surface area contributed by atoms with E-state index in [9.17, 15) is 9.59 Å². The maximum Gasteiger partial charge on any atom is 0.255 e. The Labute approximate surface area is 203 Å². The molecule has 0 aliphatic rings. The summed E-state index contributed by atoms with van der Waals surface area (Å²) in [5.74, 6) is 0.403. The van der Waals surface area contributed by atoms with Crippen LogP contribution in [0, 0.1) is 13.8 Å². The molecule has 4 aromatic carbocycles. The highest BCUT2D eigenvalue weighted by Gasteiger charge is 2.11. The van der Waals surface area contributed by atoms with Crippen LogP contribution in [0.25, 0.3) is 22.4 Å². The molecule has 6 heteroatoms. The Balaban J connectivity index is 1.31. The fraction of sp³-hybridized carbons (Fsp3) is 0.0690. The highest BCUT2D eigenvalue weighted by atomic mass is 16.2. The van der Waals surface area contributed by atoms with Gasteiger partial charge in [-0.25, -0.2) is 4.98 Å². The zero-order chi connectivity index (χ0) is 24.4. The second kappa shape index (κ2) is 9.27. The van der Waals surface area contributed by atoms with E-state index in [1.165, 1.54) is 0 Å². The molecule has 0 aliphatic heterocycles. The molecule has 0 saturated carbocycles. The normalized spacial score (nSPS) is 10.8. The molecular formula is C29H24N4O2. The van der Waals surface area contributed by atoms with Crippen LogP contribution in [0.15, 0.2) is 91.0 Å². The molecule has 0 unspecified atom stereocenters. The fourth-order valence-electron chi connectivity index (χ4n) is 3.91. The Hall–Kier alpha value is -4.71. The Bertz CT molecular complexity index is 1550. The molecule has 0 radical (unpaired) electrons. The smallest absolute Gasteiger partial charge is 0.255 e. The number of aromatic nitrogens is 2. The monoisotopic (exact) mass is 460 g/mol. The van der Waals surface area contributed by atoms with E-state index in [2.05, 4.69) is 20.6 Å². The van der Waals surface area contributed by atoms with E-state index in [1.54, 1.807) is 12.1 Å².